The number of likely N-dealkylation sites (tertiary alicyclic amines) is 2. The summed E-state index contributed by atoms with van der Waals surface area (Å²) in [5, 5.41) is 42.4. The number of ketones is 1. The first-order valence-electron chi connectivity index (χ1n) is 45.3. The minimum Gasteiger partial charge on any atom is -0.508 e. The number of aromatic amines is 1. The average molecular weight is 1880 g/mol. The van der Waals surface area contributed by atoms with Crippen molar-refractivity contribution in [1.29, 1.82) is 0 Å². The molecule has 9 rings (SSSR count). The van der Waals surface area contributed by atoms with Crippen LogP contribution in [0, 0.1) is 29.3 Å². The van der Waals surface area contributed by atoms with Gasteiger partial charge in [0.2, 0.25) is 70.9 Å². The number of para-hydroxylation sites is 1. The molecule has 0 bridgehead atoms. The number of benzene rings is 5. The number of thioether (sulfide) groups is 1. The first kappa shape index (κ1) is 106. The van der Waals surface area contributed by atoms with Gasteiger partial charge < -0.3 is 104 Å². The maximum atomic E-state index is 15.5. The van der Waals surface area contributed by atoms with Crippen molar-refractivity contribution in [2.75, 3.05) is 65.4 Å². The van der Waals surface area contributed by atoms with Crippen LogP contribution >= 0.6 is 11.8 Å². The summed E-state index contributed by atoms with van der Waals surface area (Å²) in [6, 6.07) is 15.6. The van der Waals surface area contributed by atoms with Crippen LogP contribution < -0.4 is 59.7 Å². The van der Waals surface area contributed by atoms with E-state index in [0.717, 1.165) is 26.3 Å². The minimum atomic E-state index is -1.84. The van der Waals surface area contributed by atoms with E-state index in [2.05, 4.69) is 47.5 Å². The number of halogens is 3. The van der Waals surface area contributed by atoms with E-state index in [-0.39, 0.29) is 99.2 Å². The van der Waals surface area contributed by atoms with E-state index in [4.69, 9.17) is 21.9 Å². The Morgan fingerprint density at radius 3 is 1.80 bits per heavy atom. The number of ether oxygens (including phenoxy) is 1. The zero-order valence-corrected chi connectivity index (χ0v) is 77.5. The average Bonchev–Trinajstić information content (AvgIpc) is 1.60. The summed E-state index contributed by atoms with van der Waals surface area (Å²) < 4.78 is 51.3. The van der Waals surface area contributed by atoms with Gasteiger partial charge >= 0.3 is 5.97 Å². The number of phenols is 1. The lowest BCUT2D eigenvalue weighted by molar-refractivity contribution is -0.152. The molecule has 35 nitrogen and oxygen atoms in total. The van der Waals surface area contributed by atoms with E-state index in [1.807, 2.05) is 74.2 Å². The Morgan fingerprint density at radius 1 is 0.612 bits per heavy atom. The zero-order chi connectivity index (χ0) is 97.7. The van der Waals surface area contributed by atoms with Gasteiger partial charge in [0.25, 0.3) is 0 Å². The molecule has 3 aliphatic rings. The van der Waals surface area contributed by atoms with Gasteiger partial charge in [0.1, 0.15) is 72.7 Å². The first-order valence-corrected chi connectivity index (χ1v) is 46.5. The number of nitrogens with two attached hydrogens (primary N) is 3. The van der Waals surface area contributed by atoms with E-state index in [1.165, 1.54) is 48.2 Å². The van der Waals surface area contributed by atoms with Crippen molar-refractivity contribution < 1.29 is 100 Å². The summed E-state index contributed by atoms with van der Waals surface area (Å²) in [7, 11) is 4.13. The molecule has 12 amide bonds. The summed E-state index contributed by atoms with van der Waals surface area (Å²) in [4.78, 5) is 222. The van der Waals surface area contributed by atoms with Gasteiger partial charge in [0.05, 0.1) is 49.4 Å². The Kier molecular flexibility index (Phi) is 40.0. The maximum Gasteiger partial charge on any atom is 0.305 e. The number of hydrogen-bond donors (Lipinski definition) is 14. The van der Waals surface area contributed by atoms with Gasteiger partial charge in [0.15, 0.2) is 23.2 Å². The molecule has 17 N–H and O–H groups in total. The maximum absolute atomic E-state index is 15.5. The van der Waals surface area contributed by atoms with Gasteiger partial charge in [-0.15, -0.1) is 11.8 Å². The number of aldehydes is 1. The normalized spacial score (nSPS) is 17.8. The molecular weight excluding hydrogens is 1760 g/mol. The Balaban J connectivity index is 0.930. The largest absolute Gasteiger partial charge is 0.508 e. The van der Waals surface area contributed by atoms with Crippen LogP contribution in [0.5, 0.6) is 5.75 Å². The highest BCUT2D eigenvalue weighted by Crippen LogP contribution is 2.37. The SMILES string of the molecule is CCCC[C@@H](C(=O)N1CCC[C@@H]1C(=O)N[C@H](C=O)CC(=O)O)N(C)C(=O)C(Cc1ccccc1)N(C)C(=O)[C@H](Cc1cc(F)c(F)c(F)c1)NC(=O)CSC[C@H](NC(=O)[C@H](CC(C)C)NC(=O)[C@H](Cc1ccc(O)cc1)NC(=O)[C@H](Cc1c[nH]c2ccccc12)NC(=O)C1CCCN1C1OC1[C@H](CCCN)NCC(=O)[C@H](Cc1ccccc1)N(C)C(=O)[C@@H](N)C(C)C)C(=O)NCC(N)=O. The lowest BCUT2D eigenvalue weighted by atomic mass is 9.97. The Hall–Kier alpha value is -12.2. The molecule has 5 aromatic carbocycles. The number of aromatic nitrogens is 1. The number of fused-ring (bicyclic) bond motifs is 1. The number of carbonyl (C=O) groups is 15. The molecule has 0 aliphatic carbocycles. The smallest absolute Gasteiger partial charge is 0.305 e. The lowest BCUT2D eigenvalue weighted by Gasteiger charge is -2.38. The third kappa shape index (κ3) is 29.9. The molecule has 39 heteroatoms. The molecule has 134 heavy (non-hydrogen) atoms. The van der Waals surface area contributed by atoms with Crippen LogP contribution in [0.15, 0.2) is 128 Å². The molecule has 0 spiro atoms. The van der Waals surface area contributed by atoms with E-state index in [1.54, 1.807) is 63.5 Å². The van der Waals surface area contributed by atoms with Crippen molar-refractivity contribution in [1.82, 2.24) is 72.0 Å². The molecule has 4 heterocycles. The van der Waals surface area contributed by atoms with Crippen LogP contribution in [0.4, 0.5) is 13.2 Å². The number of carboxylic acids is 1. The van der Waals surface area contributed by atoms with Crippen LogP contribution in [-0.4, -0.2) is 285 Å². The second-order valence-corrected chi connectivity index (χ2v) is 36.2. The Bertz CT molecular complexity index is 5060. The molecular formula is C95H126F3N17O18S. The van der Waals surface area contributed by atoms with Crippen molar-refractivity contribution in [3.63, 3.8) is 0 Å². The third-order valence-electron chi connectivity index (χ3n) is 24.4. The standard InChI is InChI=1S/C95H126F3N17O18S/c1-9-10-29-75(93(131)114-37-20-30-73(114)89(127)105-61(51-116)47-81(121)122)111(6)92(130)77(45-57-24-15-12-16-25-57)113(8)91(129)71(43-59-40-64(96)82(98)65(97)41-59)106-80(120)53-134-52-72(85(123)104-50-79(100)119)110-86(124)68(39-54(2)3)107-87(125)69(42-58-32-34-62(117)35-33-58)108-88(126)70(46-60-48-102-66-27-18-17-26-63(60)66)109-90(128)74-31-21-38-115(74)95-84(133-95)67(28-19-36-99)103-49-78(118)76(44-56-22-13-11-14-23-56)112(7)94(132)83(101)55(4)5/h11-18,22-27,32-35,40-41,48,51,54-55,61,67-77,83-84,95,102-103,117H,9-10,19-21,28-31,36-39,42-47,49-50,52-53,99,101H2,1-8H3,(H2,100,119)(H,104,123)(H,105,127)(H,106,120)(H,107,125)(H,108,126)(H,109,128)(H,110,124)(H,121,122)/t61-,67-,68-,69-,70-,71-,72-,73+,74?,75-,76-,77?,83-,84?,95?/m0/s1. The van der Waals surface area contributed by atoms with Crippen LogP contribution in [-0.2, 0) is 109 Å². The fourth-order valence-corrected chi connectivity index (χ4v) is 17.7. The van der Waals surface area contributed by atoms with Crippen LogP contribution in [0.25, 0.3) is 10.9 Å². The summed E-state index contributed by atoms with van der Waals surface area (Å²) in [6.45, 7) is 8.86. The number of primary amides is 1. The number of carboxylic acid groups (broad SMARTS) is 1. The number of Topliss-reactive ketones (excluding diaryl/α,β-unsaturated/α-hetero) is 1. The number of aromatic hydroxyl groups is 1. The van der Waals surface area contributed by atoms with E-state index in [9.17, 15) is 57.8 Å². The molecule has 0 radical (unpaired) electrons. The van der Waals surface area contributed by atoms with E-state index in [0.29, 0.717) is 98.6 Å². The number of aliphatic carboxylic acids is 1. The topological polar surface area (TPSA) is 515 Å². The number of nitrogens with one attached hydrogen (secondary N) is 9. The van der Waals surface area contributed by atoms with Gasteiger partial charge in [-0.25, -0.2) is 13.2 Å². The highest BCUT2D eigenvalue weighted by Gasteiger charge is 2.53. The third-order valence-corrected chi connectivity index (χ3v) is 25.4. The van der Waals surface area contributed by atoms with E-state index < -0.39 is 210 Å². The zero-order valence-electron chi connectivity index (χ0n) is 76.7. The number of epoxide rings is 1. The van der Waals surface area contributed by atoms with E-state index >= 15 is 37.5 Å². The summed E-state index contributed by atoms with van der Waals surface area (Å²) in [6.07, 6.45) is 2.22. The van der Waals surface area contributed by atoms with Gasteiger partial charge in [-0.05, 0) is 134 Å². The fourth-order valence-electron chi connectivity index (χ4n) is 16.8. The second-order valence-electron chi connectivity index (χ2n) is 35.2. The summed E-state index contributed by atoms with van der Waals surface area (Å²) in [5.74, 6) is -18.6. The van der Waals surface area contributed by atoms with Gasteiger partial charge in [-0.1, -0.05) is 138 Å². The highest BCUT2D eigenvalue weighted by atomic mass is 32.2. The first-order chi connectivity index (χ1) is 63.9. The molecule has 1 aromatic heterocycles. The Labute approximate surface area is 780 Å². The second kappa shape index (κ2) is 50.8. The predicted molar refractivity (Wildman–Crippen MR) is 493 cm³/mol. The number of carbonyl (C=O) groups excluding carboxylic acids is 14. The molecule has 15 atom stereocenters. The van der Waals surface area contributed by atoms with Crippen molar-refractivity contribution >= 4 is 112 Å². The van der Waals surface area contributed by atoms with Crippen LogP contribution in [0.1, 0.15) is 133 Å². The minimum absolute atomic E-state index is 0.0455. The molecule has 3 saturated heterocycles. The number of H-pyrrole nitrogens is 1. The van der Waals surface area contributed by atoms with Crippen LogP contribution in [0.3, 0.4) is 0 Å². The van der Waals surface area contributed by atoms with Crippen molar-refractivity contribution in [3.05, 3.63) is 173 Å². The Morgan fingerprint density at radius 2 is 1.18 bits per heavy atom. The molecule has 6 aromatic rings. The highest BCUT2D eigenvalue weighted by molar-refractivity contribution is 8.00. The van der Waals surface area contributed by atoms with Crippen molar-refractivity contribution in [2.45, 2.75) is 228 Å². The van der Waals surface area contributed by atoms with Gasteiger partial charge in [-0.2, -0.15) is 0 Å². The number of phenolic OH excluding ortho intramolecular Hbond substituents is 1. The summed E-state index contributed by atoms with van der Waals surface area (Å²) in [5.41, 5.74) is 20.6. The molecule has 3 fully saturated rings. The van der Waals surface area contributed by atoms with Gasteiger partial charge in [0, 0.05) is 88.8 Å². The number of likely N-dealkylation sites (N-methyl/N-ethyl adjacent to an activating group) is 3. The quantitative estimate of drug-likeness (QED) is 0.0148. The number of unbranched alkanes of at least 4 members (excludes halogenated alkanes) is 1. The molecule has 0 saturated carbocycles. The number of rotatable bonds is 53. The number of hydrogen-bond acceptors (Lipinski definition) is 22. The molecule has 4 unspecified atom stereocenters. The van der Waals surface area contributed by atoms with Crippen LogP contribution in [0.2, 0.25) is 0 Å². The molecule has 3 aliphatic heterocycles. The number of nitrogens with zero attached hydrogens (tertiary/aromatic N) is 5. The van der Waals surface area contributed by atoms with Crippen molar-refractivity contribution in [3.8, 4) is 5.75 Å². The lowest BCUT2D eigenvalue weighted by Crippen LogP contribution is -2.60. The summed E-state index contributed by atoms with van der Waals surface area (Å²) >= 11 is 0.699. The van der Waals surface area contributed by atoms with Gasteiger partial charge in [-0.3, -0.25) is 72.0 Å². The fraction of sp³-hybridized carbons (Fsp3) is 0.505. The predicted octanol–water partition coefficient (Wildman–Crippen LogP) is 2.87. The monoisotopic (exact) mass is 1880 g/mol. The number of amides is 12. The van der Waals surface area contributed by atoms with Crippen molar-refractivity contribution in [2.24, 2.45) is 29.0 Å². The molecule has 726 valence electrons.